The first-order valence-electron chi connectivity index (χ1n) is 8.69. The Hall–Kier alpha value is -3.21. The molecule has 26 heavy (non-hydrogen) atoms. The molecule has 1 aromatic heterocycles. The van der Waals surface area contributed by atoms with Crippen molar-refractivity contribution in [1.29, 1.82) is 0 Å². The standard InChI is InChI=1S/C21H22N4O/c1-2-24(15-18-9-5-3-6-10-18)21(26)14-13-20-17-25(23-22-20)16-19-11-7-4-8-12-19/h3-14,17H,2,15-16H2,1H3. The van der Waals surface area contributed by atoms with Crippen molar-refractivity contribution in [2.75, 3.05) is 6.54 Å². The number of hydrogen-bond acceptors (Lipinski definition) is 3. The summed E-state index contributed by atoms with van der Waals surface area (Å²) in [5, 5.41) is 8.22. The first-order chi connectivity index (χ1) is 12.7. The van der Waals surface area contributed by atoms with Gasteiger partial charge in [0.25, 0.3) is 0 Å². The van der Waals surface area contributed by atoms with Gasteiger partial charge < -0.3 is 4.90 Å². The average Bonchev–Trinajstić information content (AvgIpc) is 3.13. The Morgan fingerprint density at radius 2 is 1.69 bits per heavy atom. The lowest BCUT2D eigenvalue weighted by molar-refractivity contribution is -0.126. The summed E-state index contributed by atoms with van der Waals surface area (Å²) in [6.45, 7) is 3.88. The van der Waals surface area contributed by atoms with Crippen LogP contribution in [0.15, 0.2) is 72.9 Å². The fourth-order valence-electron chi connectivity index (χ4n) is 2.65. The fourth-order valence-corrected chi connectivity index (χ4v) is 2.65. The number of amides is 1. The Kier molecular flexibility index (Phi) is 5.93. The normalized spacial score (nSPS) is 11.0. The van der Waals surface area contributed by atoms with Gasteiger partial charge in [0.05, 0.1) is 12.7 Å². The van der Waals surface area contributed by atoms with Gasteiger partial charge in [0.15, 0.2) is 0 Å². The van der Waals surface area contributed by atoms with Gasteiger partial charge in [0, 0.05) is 19.2 Å². The molecule has 0 saturated heterocycles. The Morgan fingerprint density at radius 1 is 1.04 bits per heavy atom. The zero-order chi connectivity index (χ0) is 18.2. The van der Waals surface area contributed by atoms with Gasteiger partial charge in [0.2, 0.25) is 5.91 Å². The number of aromatic nitrogens is 3. The minimum Gasteiger partial charge on any atom is -0.335 e. The summed E-state index contributed by atoms with van der Waals surface area (Å²) in [5.74, 6) is -0.0334. The molecule has 0 aliphatic carbocycles. The number of carbonyl (C=O) groups is 1. The lowest BCUT2D eigenvalue weighted by Crippen LogP contribution is -2.28. The van der Waals surface area contributed by atoms with Gasteiger partial charge in [-0.05, 0) is 24.1 Å². The van der Waals surface area contributed by atoms with Crippen LogP contribution in [0.1, 0.15) is 23.7 Å². The van der Waals surface area contributed by atoms with Gasteiger partial charge in [-0.15, -0.1) is 5.10 Å². The Labute approximate surface area is 153 Å². The number of nitrogens with zero attached hydrogens (tertiary/aromatic N) is 4. The van der Waals surface area contributed by atoms with Crippen molar-refractivity contribution in [2.45, 2.75) is 20.0 Å². The minimum absolute atomic E-state index is 0.0334. The molecular weight excluding hydrogens is 324 g/mol. The van der Waals surface area contributed by atoms with Gasteiger partial charge in [0.1, 0.15) is 5.69 Å². The number of rotatable bonds is 7. The second-order valence-corrected chi connectivity index (χ2v) is 6.00. The maximum Gasteiger partial charge on any atom is 0.246 e. The molecular formula is C21H22N4O. The summed E-state index contributed by atoms with van der Waals surface area (Å²) in [6, 6.07) is 20.1. The zero-order valence-corrected chi connectivity index (χ0v) is 14.8. The molecule has 0 aliphatic rings. The molecule has 0 unspecified atom stereocenters. The van der Waals surface area contributed by atoms with Crippen molar-refractivity contribution in [3.63, 3.8) is 0 Å². The van der Waals surface area contributed by atoms with E-state index in [0.29, 0.717) is 25.3 Å². The number of likely N-dealkylation sites (N-methyl/N-ethyl adjacent to an activating group) is 1. The predicted octanol–water partition coefficient (Wildman–Crippen LogP) is 3.39. The highest BCUT2D eigenvalue weighted by Crippen LogP contribution is 2.07. The largest absolute Gasteiger partial charge is 0.335 e. The molecule has 0 N–H and O–H groups in total. The lowest BCUT2D eigenvalue weighted by atomic mass is 10.2. The molecule has 0 spiro atoms. The quantitative estimate of drug-likeness (QED) is 0.616. The van der Waals surface area contributed by atoms with Crippen LogP contribution in [0.25, 0.3) is 6.08 Å². The Balaban J connectivity index is 1.60. The second-order valence-electron chi connectivity index (χ2n) is 6.00. The maximum atomic E-state index is 12.4. The van der Waals surface area contributed by atoms with Crippen molar-refractivity contribution in [3.05, 3.63) is 89.8 Å². The molecule has 1 heterocycles. The number of hydrogen-bond donors (Lipinski definition) is 0. The molecule has 0 fully saturated rings. The molecule has 0 atom stereocenters. The number of benzene rings is 2. The smallest absolute Gasteiger partial charge is 0.246 e. The molecule has 2 aromatic carbocycles. The summed E-state index contributed by atoms with van der Waals surface area (Å²) >= 11 is 0. The van der Waals surface area contributed by atoms with Crippen LogP contribution in [0.2, 0.25) is 0 Å². The predicted molar refractivity (Wildman–Crippen MR) is 102 cm³/mol. The Bertz CT molecular complexity index is 856. The van der Waals surface area contributed by atoms with Crippen LogP contribution in [-0.4, -0.2) is 32.3 Å². The monoisotopic (exact) mass is 346 g/mol. The van der Waals surface area contributed by atoms with Crippen molar-refractivity contribution in [1.82, 2.24) is 19.9 Å². The molecule has 132 valence electrons. The highest BCUT2D eigenvalue weighted by Gasteiger charge is 2.09. The fraction of sp³-hybridized carbons (Fsp3) is 0.190. The lowest BCUT2D eigenvalue weighted by Gasteiger charge is -2.19. The van der Waals surface area contributed by atoms with E-state index in [1.54, 1.807) is 21.7 Å². The topological polar surface area (TPSA) is 51.0 Å². The van der Waals surface area contributed by atoms with E-state index in [2.05, 4.69) is 10.3 Å². The molecule has 5 nitrogen and oxygen atoms in total. The summed E-state index contributed by atoms with van der Waals surface area (Å²) in [7, 11) is 0. The third kappa shape index (κ3) is 4.89. The zero-order valence-electron chi connectivity index (χ0n) is 14.8. The van der Waals surface area contributed by atoms with Crippen LogP contribution in [0, 0.1) is 0 Å². The van der Waals surface area contributed by atoms with Crippen molar-refractivity contribution in [3.8, 4) is 0 Å². The van der Waals surface area contributed by atoms with Crippen LogP contribution < -0.4 is 0 Å². The van der Waals surface area contributed by atoms with Crippen LogP contribution in [-0.2, 0) is 17.9 Å². The van der Waals surface area contributed by atoms with E-state index >= 15 is 0 Å². The van der Waals surface area contributed by atoms with Gasteiger partial charge >= 0.3 is 0 Å². The summed E-state index contributed by atoms with van der Waals surface area (Å²) in [4.78, 5) is 14.2. The van der Waals surface area contributed by atoms with Gasteiger partial charge in [-0.1, -0.05) is 65.9 Å². The third-order valence-corrected chi connectivity index (χ3v) is 4.05. The number of carbonyl (C=O) groups excluding carboxylic acids is 1. The molecule has 3 aromatic rings. The maximum absolute atomic E-state index is 12.4. The van der Waals surface area contributed by atoms with Gasteiger partial charge in [-0.25, -0.2) is 4.68 Å². The van der Waals surface area contributed by atoms with Crippen LogP contribution in [0.5, 0.6) is 0 Å². The molecule has 5 heteroatoms. The molecule has 0 bridgehead atoms. The van der Waals surface area contributed by atoms with E-state index in [1.165, 1.54) is 0 Å². The van der Waals surface area contributed by atoms with Crippen LogP contribution >= 0.6 is 0 Å². The second kappa shape index (κ2) is 8.76. The van der Waals surface area contributed by atoms with Crippen molar-refractivity contribution < 1.29 is 4.79 Å². The average molecular weight is 346 g/mol. The summed E-state index contributed by atoms with van der Waals surface area (Å²) in [5.41, 5.74) is 2.94. The molecule has 3 rings (SSSR count). The van der Waals surface area contributed by atoms with E-state index in [1.807, 2.05) is 73.8 Å². The van der Waals surface area contributed by atoms with E-state index in [9.17, 15) is 4.79 Å². The SMILES string of the molecule is CCN(Cc1ccccc1)C(=O)C=Cc1cn(Cc2ccccc2)nn1. The highest BCUT2D eigenvalue weighted by molar-refractivity contribution is 5.91. The van der Waals surface area contributed by atoms with E-state index in [4.69, 9.17) is 0 Å². The Morgan fingerprint density at radius 3 is 2.35 bits per heavy atom. The summed E-state index contributed by atoms with van der Waals surface area (Å²) < 4.78 is 1.76. The van der Waals surface area contributed by atoms with E-state index in [0.717, 1.165) is 11.1 Å². The first kappa shape index (κ1) is 17.6. The first-order valence-corrected chi connectivity index (χ1v) is 8.69. The minimum atomic E-state index is -0.0334. The molecule has 0 saturated carbocycles. The summed E-state index contributed by atoms with van der Waals surface area (Å²) in [6.07, 6.45) is 5.11. The molecule has 0 aliphatic heterocycles. The van der Waals surface area contributed by atoms with Crippen LogP contribution in [0.3, 0.4) is 0 Å². The van der Waals surface area contributed by atoms with Gasteiger partial charge in [-0.2, -0.15) is 0 Å². The molecule has 1 amide bonds. The van der Waals surface area contributed by atoms with E-state index in [-0.39, 0.29) is 5.91 Å². The molecule has 0 radical (unpaired) electrons. The third-order valence-electron chi connectivity index (χ3n) is 4.05. The van der Waals surface area contributed by atoms with Crippen LogP contribution in [0.4, 0.5) is 0 Å². The van der Waals surface area contributed by atoms with Crippen molar-refractivity contribution >= 4 is 12.0 Å². The van der Waals surface area contributed by atoms with Gasteiger partial charge in [-0.3, -0.25) is 4.79 Å². The van der Waals surface area contributed by atoms with Crippen molar-refractivity contribution in [2.24, 2.45) is 0 Å². The highest BCUT2D eigenvalue weighted by atomic mass is 16.2. The van der Waals surface area contributed by atoms with E-state index < -0.39 is 0 Å².